The third-order valence-corrected chi connectivity index (χ3v) is 5.91. The topological polar surface area (TPSA) is 45.2 Å². The van der Waals surface area contributed by atoms with Gasteiger partial charge in [-0.15, -0.1) is 0 Å². The van der Waals surface area contributed by atoms with Gasteiger partial charge in [0.1, 0.15) is 11.5 Å². The van der Waals surface area contributed by atoms with Crippen molar-refractivity contribution >= 4 is 11.7 Å². The van der Waals surface area contributed by atoms with Gasteiger partial charge in [-0.2, -0.15) is 8.78 Å². The molecule has 1 aromatic heterocycles. The number of pyridine rings is 1. The summed E-state index contributed by atoms with van der Waals surface area (Å²) in [5.41, 5.74) is -0.125. The van der Waals surface area contributed by atoms with Crippen molar-refractivity contribution in [3.8, 4) is 0 Å². The minimum absolute atomic E-state index is 0.371. The van der Waals surface area contributed by atoms with Gasteiger partial charge < -0.3 is 10.2 Å². The summed E-state index contributed by atoms with van der Waals surface area (Å²) in [7, 11) is 0. The quantitative estimate of drug-likeness (QED) is 0.470. The fourth-order valence-corrected chi connectivity index (χ4v) is 4.41. The number of amides is 2. The molecular weight excluding hydrogens is 415 g/mol. The second-order valence-corrected chi connectivity index (χ2v) is 7.96. The lowest BCUT2D eigenvalue weighted by Gasteiger charge is -2.49. The average Bonchev–Trinajstić information content (AvgIpc) is 2.81. The number of nitrogens with zero attached hydrogens (tertiary/aromatic N) is 2. The van der Waals surface area contributed by atoms with E-state index in [0.717, 1.165) is 11.3 Å². The zero-order valence-electron chi connectivity index (χ0n) is 17.7. The summed E-state index contributed by atoms with van der Waals surface area (Å²) in [4.78, 5) is 18.2. The van der Waals surface area contributed by atoms with Crippen molar-refractivity contribution in [3.63, 3.8) is 0 Å². The second kappa shape index (κ2) is 8.65. The summed E-state index contributed by atoms with van der Waals surface area (Å²) in [5, 5.41) is 2.68. The van der Waals surface area contributed by atoms with Crippen molar-refractivity contribution in [1.82, 2.24) is 9.88 Å². The number of urea groups is 1. The van der Waals surface area contributed by atoms with E-state index in [9.17, 15) is 9.18 Å². The standard InChI is InChI=1S/C25H24F3N3O/c1-2-3-14-24(18-9-5-4-6-10-18)20-16-19(26)12-13-21(20)30-23(32)31(24)17-25(27,28)22-11-7-8-15-29-22/h4-13,15-16H,2-3,14,17H2,1H3,(H,30,32). The summed E-state index contributed by atoms with van der Waals surface area (Å²) in [6.45, 7) is 1.09. The van der Waals surface area contributed by atoms with Crippen molar-refractivity contribution in [2.24, 2.45) is 0 Å². The van der Waals surface area contributed by atoms with Crippen molar-refractivity contribution < 1.29 is 18.0 Å². The van der Waals surface area contributed by atoms with E-state index < -0.39 is 35.5 Å². The number of nitrogens with one attached hydrogen (secondary N) is 1. The maximum atomic E-state index is 15.4. The Hall–Kier alpha value is -3.35. The molecule has 0 radical (unpaired) electrons. The maximum absolute atomic E-state index is 15.4. The lowest BCUT2D eigenvalue weighted by Crippen LogP contribution is -2.58. The van der Waals surface area contributed by atoms with Gasteiger partial charge in [0.15, 0.2) is 0 Å². The van der Waals surface area contributed by atoms with Crippen molar-refractivity contribution in [3.05, 3.63) is 95.6 Å². The highest BCUT2D eigenvalue weighted by atomic mass is 19.3. The van der Waals surface area contributed by atoms with Crippen LogP contribution in [0.25, 0.3) is 0 Å². The van der Waals surface area contributed by atoms with Crippen molar-refractivity contribution in [1.29, 1.82) is 0 Å². The number of aromatic nitrogens is 1. The Kier molecular flexibility index (Phi) is 5.91. The Bertz CT molecular complexity index is 1090. The summed E-state index contributed by atoms with van der Waals surface area (Å²) in [6.07, 6.45) is 3.11. The number of hydrogen-bond acceptors (Lipinski definition) is 2. The van der Waals surface area contributed by atoms with Crippen LogP contribution in [0.5, 0.6) is 0 Å². The highest BCUT2D eigenvalue weighted by molar-refractivity contribution is 5.94. The first-order valence-corrected chi connectivity index (χ1v) is 10.6. The van der Waals surface area contributed by atoms with E-state index in [4.69, 9.17) is 0 Å². The summed E-state index contributed by atoms with van der Waals surface area (Å²) < 4.78 is 45.2. The molecule has 32 heavy (non-hydrogen) atoms. The molecule has 0 bridgehead atoms. The van der Waals surface area contributed by atoms with Crippen LogP contribution < -0.4 is 5.32 Å². The van der Waals surface area contributed by atoms with Crippen LogP contribution in [0.1, 0.15) is 43.0 Å². The summed E-state index contributed by atoms with van der Waals surface area (Å²) in [6, 6.07) is 16.7. The molecule has 0 saturated carbocycles. The molecule has 0 fully saturated rings. The second-order valence-electron chi connectivity index (χ2n) is 7.96. The van der Waals surface area contributed by atoms with Crippen LogP contribution in [-0.4, -0.2) is 22.5 Å². The van der Waals surface area contributed by atoms with E-state index in [1.165, 1.54) is 36.5 Å². The van der Waals surface area contributed by atoms with Crippen LogP contribution in [0.4, 0.5) is 23.7 Å². The zero-order valence-corrected chi connectivity index (χ0v) is 17.7. The number of carbonyl (C=O) groups is 1. The molecule has 1 atom stereocenters. The molecular formula is C25H24F3N3O. The van der Waals surface area contributed by atoms with E-state index in [1.54, 1.807) is 30.3 Å². The highest BCUT2D eigenvalue weighted by Gasteiger charge is 2.51. The number of rotatable bonds is 7. The van der Waals surface area contributed by atoms with Gasteiger partial charge in [0, 0.05) is 17.4 Å². The molecule has 2 aromatic carbocycles. The molecule has 7 heteroatoms. The van der Waals surface area contributed by atoms with E-state index >= 15 is 8.78 Å². The average molecular weight is 439 g/mol. The molecule has 4 nitrogen and oxygen atoms in total. The van der Waals surface area contributed by atoms with Gasteiger partial charge in [0.25, 0.3) is 0 Å². The highest BCUT2D eigenvalue weighted by Crippen LogP contribution is 2.48. The number of benzene rings is 2. The Morgan fingerprint density at radius 2 is 1.81 bits per heavy atom. The number of fused-ring (bicyclic) bond motifs is 1. The molecule has 4 rings (SSSR count). The van der Waals surface area contributed by atoms with E-state index in [0.29, 0.717) is 29.7 Å². The Balaban J connectivity index is 1.93. The lowest BCUT2D eigenvalue weighted by molar-refractivity contribution is -0.0511. The number of anilines is 1. The molecule has 1 aliphatic rings. The SMILES string of the molecule is CCCCC1(c2ccccc2)c2cc(F)ccc2NC(=O)N1CC(F)(F)c1ccccn1. The smallest absolute Gasteiger partial charge is 0.307 e. The molecule has 1 aliphatic heterocycles. The molecule has 1 N–H and O–H groups in total. The minimum Gasteiger partial charge on any atom is -0.307 e. The number of carbonyl (C=O) groups excluding carboxylic acids is 1. The van der Waals surface area contributed by atoms with Crippen LogP contribution >= 0.6 is 0 Å². The van der Waals surface area contributed by atoms with Gasteiger partial charge in [-0.05, 0) is 42.3 Å². The van der Waals surface area contributed by atoms with Gasteiger partial charge in [0.05, 0.1) is 12.1 Å². The van der Waals surface area contributed by atoms with E-state index in [2.05, 4.69) is 10.3 Å². The van der Waals surface area contributed by atoms with Crippen LogP contribution in [-0.2, 0) is 11.5 Å². The van der Waals surface area contributed by atoms with Crippen LogP contribution in [0.2, 0.25) is 0 Å². The van der Waals surface area contributed by atoms with Crippen molar-refractivity contribution in [2.45, 2.75) is 37.6 Å². The first-order chi connectivity index (χ1) is 15.4. The van der Waals surface area contributed by atoms with Crippen LogP contribution in [0, 0.1) is 5.82 Å². The number of alkyl halides is 2. The molecule has 0 saturated heterocycles. The summed E-state index contributed by atoms with van der Waals surface area (Å²) in [5.74, 6) is -3.90. The number of halogens is 3. The van der Waals surface area contributed by atoms with Gasteiger partial charge in [-0.1, -0.05) is 56.2 Å². The summed E-state index contributed by atoms with van der Waals surface area (Å²) >= 11 is 0. The first kappa shape index (κ1) is 21.9. The van der Waals surface area contributed by atoms with E-state index in [1.807, 2.05) is 13.0 Å². The van der Waals surface area contributed by atoms with Gasteiger partial charge in [-0.3, -0.25) is 4.98 Å². The molecule has 1 unspecified atom stereocenters. The third kappa shape index (κ3) is 3.83. The first-order valence-electron chi connectivity index (χ1n) is 10.6. The monoisotopic (exact) mass is 439 g/mol. The largest absolute Gasteiger partial charge is 0.323 e. The molecule has 2 amide bonds. The Labute approximate surface area is 185 Å². The van der Waals surface area contributed by atoms with Crippen LogP contribution in [0.15, 0.2) is 72.9 Å². The van der Waals surface area contributed by atoms with E-state index in [-0.39, 0.29) is 0 Å². The number of unbranched alkanes of at least 4 members (excludes halogenated alkanes) is 1. The normalized spacial score (nSPS) is 18.2. The fraction of sp³-hybridized carbons (Fsp3) is 0.280. The number of hydrogen-bond donors (Lipinski definition) is 1. The predicted molar refractivity (Wildman–Crippen MR) is 117 cm³/mol. The molecule has 2 heterocycles. The zero-order chi connectivity index (χ0) is 22.8. The Morgan fingerprint density at radius 1 is 1.06 bits per heavy atom. The Morgan fingerprint density at radius 3 is 2.50 bits per heavy atom. The molecule has 0 aliphatic carbocycles. The molecule has 3 aromatic rings. The van der Waals surface area contributed by atoms with Crippen molar-refractivity contribution in [2.75, 3.05) is 11.9 Å². The maximum Gasteiger partial charge on any atom is 0.323 e. The molecule has 0 spiro atoms. The minimum atomic E-state index is -3.41. The predicted octanol–water partition coefficient (Wildman–Crippen LogP) is 6.29. The van der Waals surface area contributed by atoms with Gasteiger partial charge in [-0.25, -0.2) is 9.18 Å². The van der Waals surface area contributed by atoms with Crippen LogP contribution in [0.3, 0.4) is 0 Å². The van der Waals surface area contributed by atoms with Gasteiger partial charge in [0.2, 0.25) is 0 Å². The third-order valence-electron chi connectivity index (χ3n) is 5.91. The van der Waals surface area contributed by atoms with Gasteiger partial charge >= 0.3 is 12.0 Å². The molecule has 166 valence electrons. The lowest BCUT2D eigenvalue weighted by atomic mass is 9.75. The fourth-order valence-electron chi connectivity index (χ4n) is 4.41.